The van der Waals surface area contributed by atoms with Crippen molar-refractivity contribution in [3.8, 4) is 0 Å². The van der Waals surface area contributed by atoms with Gasteiger partial charge < -0.3 is 9.88 Å². The molecule has 1 aliphatic heterocycles. The van der Waals surface area contributed by atoms with Gasteiger partial charge in [0.15, 0.2) is 0 Å². The predicted molar refractivity (Wildman–Crippen MR) is 125 cm³/mol. The molecule has 1 aromatic carbocycles. The minimum Gasteiger partial charge on any atom is -0.354 e. The maximum Gasteiger partial charge on any atom is 0.220 e. The molecular formula is C26H39N3O. The fourth-order valence-corrected chi connectivity index (χ4v) is 6.15. The van der Waals surface area contributed by atoms with E-state index >= 15 is 0 Å². The van der Waals surface area contributed by atoms with Crippen molar-refractivity contribution in [2.24, 2.45) is 0 Å². The topological polar surface area (TPSA) is 37.3 Å². The zero-order valence-corrected chi connectivity index (χ0v) is 19.6. The van der Waals surface area contributed by atoms with Crippen molar-refractivity contribution in [1.29, 1.82) is 0 Å². The van der Waals surface area contributed by atoms with E-state index in [1.165, 1.54) is 60.9 Å². The number of aryl methyl sites for hydroxylation is 1. The molecule has 2 heterocycles. The SMILES string of the molecule is CCCC(=O)NCC(C)n1c(C)c2c3c(ccc(C)c31)[C@H]1CCCN(CCC)[C@@H]1C2. The maximum absolute atomic E-state index is 12.1. The third-order valence-corrected chi connectivity index (χ3v) is 7.48. The van der Waals surface area contributed by atoms with Gasteiger partial charge in [-0.25, -0.2) is 0 Å². The first-order valence-corrected chi connectivity index (χ1v) is 12.1. The van der Waals surface area contributed by atoms with Gasteiger partial charge in [-0.3, -0.25) is 9.69 Å². The molecule has 2 aliphatic rings. The molecule has 4 nitrogen and oxygen atoms in total. The van der Waals surface area contributed by atoms with Crippen molar-refractivity contribution < 1.29 is 4.79 Å². The summed E-state index contributed by atoms with van der Waals surface area (Å²) in [5, 5.41) is 4.68. The number of amides is 1. The van der Waals surface area contributed by atoms with Gasteiger partial charge in [0, 0.05) is 42.0 Å². The average molecular weight is 410 g/mol. The van der Waals surface area contributed by atoms with Crippen molar-refractivity contribution in [2.75, 3.05) is 19.6 Å². The number of hydrogen-bond donors (Lipinski definition) is 1. The van der Waals surface area contributed by atoms with Crippen molar-refractivity contribution in [1.82, 2.24) is 14.8 Å². The van der Waals surface area contributed by atoms with Crippen LogP contribution in [0.15, 0.2) is 12.1 Å². The number of carbonyl (C=O) groups is 1. The Labute approximate surface area is 182 Å². The van der Waals surface area contributed by atoms with Crippen LogP contribution in [0.3, 0.4) is 0 Å². The largest absolute Gasteiger partial charge is 0.354 e. The van der Waals surface area contributed by atoms with E-state index < -0.39 is 0 Å². The van der Waals surface area contributed by atoms with Crippen molar-refractivity contribution in [3.63, 3.8) is 0 Å². The Morgan fingerprint density at radius 2 is 2.03 bits per heavy atom. The quantitative estimate of drug-likeness (QED) is 0.678. The number of nitrogens with one attached hydrogen (secondary N) is 1. The van der Waals surface area contributed by atoms with E-state index in [9.17, 15) is 4.79 Å². The van der Waals surface area contributed by atoms with Crippen LogP contribution >= 0.6 is 0 Å². The number of nitrogens with zero attached hydrogens (tertiary/aromatic N) is 2. The molecule has 1 unspecified atom stereocenters. The van der Waals surface area contributed by atoms with Gasteiger partial charge in [-0.1, -0.05) is 26.0 Å². The van der Waals surface area contributed by atoms with E-state index in [-0.39, 0.29) is 11.9 Å². The number of carbonyl (C=O) groups excluding carboxylic acids is 1. The van der Waals surface area contributed by atoms with Crippen LogP contribution in [-0.4, -0.2) is 41.1 Å². The van der Waals surface area contributed by atoms with E-state index in [4.69, 9.17) is 0 Å². The van der Waals surface area contributed by atoms with Gasteiger partial charge in [0.05, 0.1) is 5.52 Å². The normalized spacial score (nSPS) is 22.2. The van der Waals surface area contributed by atoms with Gasteiger partial charge in [-0.15, -0.1) is 0 Å². The van der Waals surface area contributed by atoms with Crippen LogP contribution in [-0.2, 0) is 11.2 Å². The van der Waals surface area contributed by atoms with Gasteiger partial charge in [0.25, 0.3) is 0 Å². The number of aromatic nitrogens is 1. The molecule has 1 aliphatic carbocycles. The van der Waals surface area contributed by atoms with Gasteiger partial charge in [0.2, 0.25) is 5.91 Å². The van der Waals surface area contributed by atoms with E-state index in [1.54, 1.807) is 11.1 Å². The van der Waals surface area contributed by atoms with Gasteiger partial charge >= 0.3 is 0 Å². The lowest BCUT2D eigenvalue weighted by Crippen LogP contribution is -2.47. The molecule has 0 saturated carbocycles. The number of rotatable bonds is 7. The van der Waals surface area contributed by atoms with Crippen LogP contribution in [0.4, 0.5) is 0 Å². The van der Waals surface area contributed by atoms with Crippen LogP contribution < -0.4 is 5.32 Å². The molecule has 4 rings (SSSR count). The lowest BCUT2D eigenvalue weighted by Gasteiger charge is -2.44. The Morgan fingerprint density at radius 1 is 1.23 bits per heavy atom. The Morgan fingerprint density at radius 3 is 2.77 bits per heavy atom. The summed E-state index contributed by atoms with van der Waals surface area (Å²) >= 11 is 0. The van der Waals surface area contributed by atoms with Crippen LogP contribution in [0, 0.1) is 13.8 Å². The summed E-state index contributed by atoms with van der Waals surface area (Å²) < 4.78 is 2.53. The minimum atomic E-state index is 0.168. The third kappa shape index (κ3) is 3.57. The Bertz CT molecular complexity index is 926. The average Bonchev–Trinajstić information content (AvgIpc) is 3.03. The van der Waals surface area contributed by atoms with Crippen LogP contribution in [0.5, 0.6) is 0 Å². The second-order valence-corrected chi connectivity index (χ2v) is 9.59. The predicted octanol–water partition coefficient (Wildman–Crippen LogP) is 5.25. The first-order chi connectivity index (χ1) is 14.5. The van der Waals surface area contributed by atoms with Crippen LogP contribution in [0.2, 0.25) is 0 Å². The summed E-state index contributed by atoms with van der Waals surface area (Å²) in [5.74, 6) is 0.831. The zero-order chi connectivity index (χ0) is 21.4. The fourth-order valence-electron chi connectivity index (χ4n) is 6.15. The molecule has 0 radical (unpaired) electrons. The minimum absolute atomic E-state index is 0.168. The highest BCUT2D eigenvalue weighted by Crippen LogP contribution is 2.46. The number of piperidine rings is 1. The lowest BCUT2D eigenvalue weighted by atomic mass is 9.74. The molecule has 4 heteroatoms. The summed E-state index contributed by atoms with van der Waals surface area (Å²) in [5.41, 5.74) is 7.29. The molecule has 0 spiro atoms. The van der Waals surface area contributed by atoms with E-state index in [2.05, 4.69) is 61.5 Å². The summed E-state index contributed by atoms with van der Waals surface area (Å²) in [6.07, 6.45) is 6.54. The third-order valence-electron chi connectivity index (χ3n) is 7.48. The highest BCUT2D eigenvalue weighted by Gasteiger charge is 2.39. The second-order valence-electron chi connectivity index (χ2n) is 9.59. The summed E-state index contributed by atoms with van der Waals surface area (Å²) in [6.45, 7) is 14.3. The van der Waals surface area contributed by atoms with Crippen molar-refractivity contribution in [3.05, 3.63) is 34.5 Å². The standard InChI is InChI=1S/C26H39N3O/c1-6-9-24(30)27-16-18(4)29-19(5)22-15-23-20(10-8-14-28(23)13-7-2)21-12-11-17(3)26(29)25(21)22/h11-12,18,20,23H,6-10,13-16H2,1-5H3,(H,27,30)/t18?,20-,23-/m1/s1. The van der Waals surface area contributed by atoms with Crippen molar-refractivity contribution >= 4 is 16.8 Å². The molecule has 30 heavy (non-hydrogen) atoms. The molecule has 1 fully saturated rings. The van der Waals surface area contributed by atoms with E-state index in [0.29, 0.717) is 24.9 Å². The summed E-state index contributed by atoms with van der Waals surface area (Å²) in [7, 11) is 0. The molecule has 3 atom stereocenters. The maximum atomic E-state index is 12.1. The highest BCUT2D eigenvalue weighted by molar-refractivity contribution is 5.93. The summed E-state index contributed by atoms with van der Waals surface area (Å²) in [4.78, 5) is 14.8. The van der Waals surface area contributed by atoms with Crippen LogP contribution in [0.25, 0.3) is 10.9 Å². The summed E-state index contributed by atoms with van der Waals surface area (Å²) in [6, 6.07) is 5.65. The number of likely N-dealkylation sites (tertiary alicyclic amines) is 1. The second kappa shape index (κ2) is 8.74. The smallest absolute Gasteiger partial charge is 0.220 e. The number of hydrogen-bond acceptors (Lipinski definition) is 2. The highest BCUT2D eigenvalue weighted by atomic mass is 16.1. The molecule has 1 aromatic heterocycles. The Kier molecular flexibility index (Phi) is 6.24. The number of benzene rings is 1. The Balaban J connectivity index is 1.75. The Hall–Kier alpha value is -1.81. The van der Waals surface area contributed by atoms with Crippen molar-refractivity contribution in [2.45, 2.75) is 91.1 Å². The van der Waals surface area contributed by atoms with E-state index in [0.717, 1.165) is 6.42 Å². The van der Waals surface area contributed by atoms with E-state index in [1.807, 2.05) is 0 Å². The molecule has 1 saturated heterocycles. The molecule has 0 bridgehead atoms. The zero-order valence-electron chi connectivity index (χ0n) is 19.6. The first kappa shape index (κ1) is 21.4. The molecule has 1 amide bonds. The van der Waals surface area contributed by atoms with Crippen LogP contribution in [0.1, 0.15) is 87.2 Å². The first-order valence-electron chi connectivity index (χ1n) is 12.1. The van der Waals surface area contributed by atoms with Gasteiger partial charge in [-0.2, -0.15) is 0 Å². The molecular weight excluding hydrogens is 370 g/mol. The molecule has 2 aromatic rings. The molecule has 164 valence electrons. The fraction of sp³-hybridized carbons (Fsp3) is 0.654. The number of fused-ring (bicyclic) bond motifs is 2. The van der Waals surface area contributed by atoms with Gasteiger partial charge in [0.1, 0.15) is 0 Å². The lowest BCUT2D eigenvalue weighted by molar-refractivity contribution is -0.121. The van der Waals surface area contributed by atoms with Gasteiger partial charge in [-0.05, 0) is 82.7 Å². The molecule has 1 N–H and O–H groups in total. The monoisotopic (exact) mass is 409 g/mol.